The van der Waals surface area contributed by atoms with Crippen molar-refractivity contribution in [3.8, 4) is 0 Å². The van der Waals surface area contributed by atoms with Crippen molar-refractivity contribution in [1.29, 1.82) is 0 Å². The zero-order valence-corrected chi connectivity index (χ0v) is 9.67. The van der Waals surface area contributed by atoms with Gasteiger partial charge in [-0.25, -0.2) is 4.39 Å². The summed E-state index contributed by atoms with van der Waals surface area (Å²) in [6.07, 6.45) is 0. The molecule has 0 atom stereocenters. The molecule has 0 radical (unpaired) electrons. The van der Waals surface area contributed by atoms with Gasteiger partial charge in [-0.1, -0.05) is 13.8 Å². The molecule has 1 rings (SSSR count). The van der Waals surface area contributed by atoms with Crippen LogP contribution in [-0.4, -0.2) is 17.6 Å². The predicted molar refractivity (Wildman–Crippen MR) is 60.9 cm³/mol. The zero-order valence-electron chi connectivity index (χ0n) is 9.67. The Morgan fingerprint density at radius 1 is 1.50 bits per heavy atom. The number of benzene rings is 1. The minimum Gasteiger partial charge on any atom is -0.387 e. The number of aryl methyl sites for hydroxylation is 1. The molecule has 0 aromatic heterocycles. The Kier molecular flexibility index (Phi) is 4.01. The SMILES string of the molecule is Cc1cc(F)c(C(C)C)cc1NC(=O)CO. The molecule has 1 aromatic rings. The molecule has 0 unspecified atom stereocenters. The van der Waals surface area contributed by atoms with Crippen LogP contribution in [0.4, 0.5) is 10.1 Å². The third kappa shape index (κ3) is 2.79. The molecule has 0 aliphatic carbocycles. The van der Waals surface area contributed by atoms with E-state index < -0.39 is 12.5 Å². The number of rotatable bonds is 3. The van der Waals surface area contributed by atoms with E-state index in [0.29, 0.717) is 16.8 Å². The van der Waals surface area contributed by atoms with E-state index in [4.69, 9.17) is 5.11 Å². The van der Waals surface area contributed by atoms with Gasteiger partial charge in [0.1, 0.15) is 12.4 Å². The van der Waals surface area contributed by atoms with E-state index in [1.807, 2.05) is 13.8 Å². The van der Waals surface area contributed by atoms with Gasteiger partial charge >= 0.3 is 0 Å². The molecule has 16 heavy (non-hydrogen) atoms. The summed E-state index contributed by atoms with van der Waals surface area (Å²) in [6.45, 7) is 4.89. The number of carbonyl (C=O) groups is 1. The first-order chi connectivity index (χ1) is 7.45. The maximum atomic E-state index is 13.5. The van der Waals surface area contributed by atoms with Crippen LogP contribution in [0.2, 0.25) is 0 Å². The summed E-state index contributed by atoms with van der Waals surface area (Å²) in [4.78, 5) is 11.0. The largest absolute Gasteiger partial charge is 0.387 e. The van der Waals surface area contributed by atoms with Crippen LogP contribution < -0.4 is 5.32 Å². The Morgan fingerprint density at radius 3 is 2.62 bits per heavy atom. The zero-order chi connectivity index (χ0) is 12.3. The summed E-state index contributed by atoms with van der Waals surface area (Å²) in [5.74, 6) is -0.718. The minimum atomic E-state index is -0.576. The van der Waals surface area contributed by atoms with Crippen molar-refractivity contribution in [3.63, 3.8) is 0 Å². The number of halogens is 1. The summed E-state index contributed by atoms with van der Waals surface area (Å²) in [5.41, 5.74) is 1.74. The average molecular weight is 225 g/mol. The maximum Gasteiger partial charge on any atom is 0.250 e. The van der Waals surface area contributed by atoms with Crippen LogP contribution in [0.15, 0.2) is 12.1 Å². The van der Waals surface area contributed by atoms with Crippen LogP contribution in [0.25, 0.3) is 0 Å². The van der Waals surface area contributed by atoms with Crippen LogP contribution in [0.1, 0.15) is 30.9 Å². The van der Waals surface area contributed by atoms with Gasteiger partial charge in [0, 0.05) is 5.69 Å². The average Bonchev–Trinajstić information content (AvgIpc) is 2.21. The smallest absolute Gasteiger partial charge is 0.250 e. The molecule has 0 saturated heterocycles. The van der Waals surface area contributed by atoms with Crippen molar-refractivity contribution >= 4 is 11.6 Å². The van der Waals surface area contributed by atoms with Crippen molar-refractivity contribution in [2.45, 2.75) is 26.7 Å². The number of nitrogens with one attached hydrogen (secondary N) is 1. The number of amides is 1. The number of anilines is 1. The van der Waals surface area contributed by atoms with Crippen LogP contribution in [-0.2, 0) is 4.79 Å². The lowest BCUT2D eigenvalue weighted by Gasteiger charge is -2.13. The Hall–Kier alpha value is -1.42. The number of aliphatic hydroxyl groups excluding tert-OH is 1. The van der Waals surface area contributed by atoms with Gasteiger partial charge in [-0.3, -0.25) is 4.79 Å². The summed E-state index contributed by atoms with van der Waals surface area (Å²) in [7, 11) is 0. The molecule has 2 N–H and O–H groups in total. The van der Waals surface area contributed by atoms with E-state index in [-0.39, 0.29) is 11.7 Å². The molecule has 88 valence electrons. The van der Waals surface area contributed by atoms with Gasteiger partial charge in [-0.2, -0.15) is 0 Å². The van der Waals surface area contributed by atoms with Crippen LogP contribution in [0.5, 0.6) is 0 Å². The molecular weight excluding hydrogens is 209 g/mol. The molecule has 3 nitrogen and oxygen atoms in total. The van der Waals surface area contributed by atoms with E-state index in [1.54, 1.807) is 13.0 Å². The van der Waals surface area contributed by atoms with Crippen molar-refractivity contribution in [3.05, 3.63) is 29.1 Å². The van der Waals surface area contributed by atoms with Crippen molar-refractivity contribution in [2.75, 3.05) is 11.9 Å². The van der Waals surface area contributed by atoms with Crippen molar-refractivity contribution in [2.24, 2.45) is 0 Å². The van der Waals surface area contributed by atoms with Crippen LogP contribution >= 0.6 is 0 Å². The fraction of sp³-hybridized carbons (Fsp3) is 0.417. The lowest BCUT2D eigenvalue weighted by atomic mass is 10.00. The van der Waals surface area contributed by atoms with E-state index in [1.165, 1.54) is 6.07 Å². The van der Waals surface area contributed by atoms with Gasteiger partial charge in [0.2, 0.25) is 5.91 Å². The Bertz CT molecular complexity index is 402. The number of aliphatic hydroxyl groups is 1. The molecule has 0 aliphatic heterocycles. The highest BCUT2D eigenvalue weighted by Gasteiger charge is 2.11. The monoisotopic (exact) mass is 225 g/mol. The molecule has 0 heterocycles. The van der Waals surface area contributed by atoms with Gasteiger partial charge < -0.3 is 10.4 Å². The van der Waals surface area contributed by atoms with E-state index in [9.17, 15) is 9.18 Å². The van der Waals surface area contributed by atoms with Gasteiger partial charge in [0.25, 0.3) is 0 Å². The maximum absolute atomic E-state index is 13.5. The second-order valence-electron chi connectivity index (χ2n) is 4.05. The third-order valence-corrected chi connectivity index (χ3v) is 2.38. The molecule has 1 aromatic carbocycles. The summed E-state index contributed by atoms with van der Waals surface area (Å²) < 4.78 is 13.5. The molecule has 0 bridgehead atoms. The molecule has 4 heteroatoms. The molecule has 0 spiro atoms. The molecular formula is C12H16FNO2. The number of hydrogen-bond donors (Lipinski definition) is 2. The fourth-order valence-electron chi connectivity index (χ4n) is 1.46. The number of hydrogen-bond acceptors (Lipinski definition) is 2. The Labute approximate surface area is 94.3 Å². The highest BCUT2D eigenvalue weighted by Crippen LogP contribution is 2.25. The van der Waals surface area contributed by atoms with Gasteiger partial charge in [-0.05, 0) is 36.1 Å². The summed E-state index contributed by atoms with van der Waals surface area (Å²) >= 11 is 0. The van der Waals surface area contributed by atoms with Gasteiger partial charge in [0.05, 0.1) is 0 Å². The van der Waals surface area contributed by atoms with Crippen LogP contribution in [0, 0.1) is 12.7 Å². The predicted octanol–water partition coefficient (Wildman–Crippen LogP) is 2.19. The fourth-order valence-corrected chi connectivity index (χ4v) is 1.46. The van der Waals surface area contributed by atoms with Crippen molar-refractivity contribution < 1.29 is 14.3 Å². The summed E-state index contributed by atoms with van der Waals surface area (Å²) in [5, 5.41) is 11.2. The normalized spacial score (nSPS) is 10.6. The minimum absolute atomic E-state index is 0.0466. The molecule has 0 saturated carbocycles. The Balaban J connectivity index is 3.09. The molecule has 0 aliphatic rings. The van der Waals surface area contributed by atoms with Gasteiger partial charge in [-0.15, -0.1) is 0 Å². The second kappa shape index (κ2) is 5.07. The van der Waals surface area contributed by atoms with E-state index in [2.05, 4.69) is 5.32 Å². The van der Waals surface area contributed by atoms with Crippen molar-refractivity contribution in [1.82, 2.24) is 0 Å². The first kappa shape index (κ1) is 12.6. The van der Waals surface area contributed by atoms with E-state index >= 15 is 0 Å². The Morgan fingerprint density at radius 2 is 2.12 bits per heavy atom. The lowest BCUT2D eigenvalue weighted by Crippen LogP contribution is -2.16. The third-order valence-electron chi connectivity index (χ3n) is 2.38. The number of carbonyl (C=O) groups excluding carboxylic acids is 1. The second-order valence-corrected chi connectivity index (χ2v) is 4.05. The van der Waals surface area contributed by atoms with Crippen LogP contribution in [0.3, 0.4) is 0 Å². The summed E-state index contributed by atoms with van der Waals surface area (Å²) in [6, 6.07) is 3.01. The first-order valence-corrected chi connectivity index (χ1v) is 5.16. The first-order valence-electron chi connectivity index (χ1n) is 5.16. The van der Waals surface area contributed by atoms with E-state index in [0.717, 1.165) is 0 Å². The highest BCUT2D eigenvalue weighted by molar-refractivity contribution is 5.92. The molecule has 1 amide bonds. The molecule has 0 fully saturated rings. The standard InChI is InChI=1S/C12H16FNO2/c1-7(2)9-5-11(14-12(16)6-15)8(3)4-10(9)13/h4-5,7,15H,6H2,1-3H3,(H,14,16). The highest BCUT2D eigenvalue weighted by atomic mass is 19.1. The quantitative estimate of drug-likeness (QED) is 0.828. The lowest BCUT2D eigenvalue weighted by molar-refractivity contribution is -0.118. The topological polar surface area (TPSA) is 49.3 Å². The van der Waals surface area contributed by atoms with Gasteiger partial charge in [0.15, 0.2) is 0 Å².